The van der Waals surface area contributed by atoms with Crippen LogP contribution < -0.4 is 10.1 Å². The Morgan fingerprint density at radius 3 is 2.76 bits per heavy atom. The van der Waals surface area contributed by atoms with E-state index in [2.05, 4.69) is 5.32 Å². The second-order valence-corrected chi connectivity index (χ2v) is 4.02. The molecule has 0 saturated carbocycles. The van der Waals surface area contributed by atoms with Gasteiger partial charge in [-0.15, -0.1) is 11.3 Å². The van der Waals surface area contributed by atoms with E-state index in [1.807, 2.05) is 24.3 Å². The number of hydrogen-bond acceptors (Lipinski definition) is 4. The van der Waals surface area contributed by atoms with Crippen molar-refractivity contribution in [2.75, 3.05) is 5.32 Å². The quantitative estimate of drug-likeness (QED) is 0.882. The lowest BCUT2D eigenvalue weighted by molar-refractivity contribution is 0.216. The molecule has 0 unspecified atom stereocenters. The molecule has 0 spiro atoms. The van der Waals surface area contributed by atoms with Gasteiger partial charge in [0.2, 0.25) is 0 Å². The molecule has 0 saturated heterocycles. The lowest BCUT2D eigenvalue weighted by atomic mass is 10.3. The molecular weight excluding hydrogens is 236 g/mol. The standard InChI is InChI=1S/C12H8N2O2S/c13-7-9-6-11(17-8-9)16-12(15)14-10-4-2-1-3-5-10/h1-6,8H,(H,14,15). The number of thiophene rings is 1. The summed E-state index contributed by atoms with van der Waals surface area (Å²) in [5, 5.41) is 13.2. The molecule has 1 N–H and O–H groups in total. The Labute approximate surface area is 102 Å². The Balaban J connectivity index is 1.96. The average molecular weight is 244 g/mol. The number of rotatable bonds is 2. The molecule has 5 heteroatoms. The molecule has 1 heterocycles. The highest BCUT2D eigenvalue weighted by atomic mass is 32.1. The molecule has 0 aliphatic carbocycles. The molecule has 17 heavy (non-hydrogen) atoms. The van der Waals surface area contributed by atoms with Crippen molar-refractivity contribution >= 4 is 23.1 Å². The van der Waals surface area contributed by atoms with Gasteiger partial charge in [0.05, 0.1) is 5.56 Å². The van der Waals surface area contributed by atoms with E-state index >= 15 is 0 Å². The second kappa shape index (κ2) is 5.14. The molecule has 1 amide bonds. The Bertz CT molecular complexity index is 557. The van der Waals surface area contributed by atoms with Crippen molar-refractivity contribution < 1.29 is 9.53 Å². The zero-order valence-corrected chi connectivity index (χ0v) is 9.53. The van der Waals surface area contributed by atoms with Crippen LogP contribution >= 0.6 is 11.3 Å². The Morgan fingerprint density at radius 1 is 1.35 bits per heavy atom. The van der Waals surface area contributed by atoms with Gasteiger partial charge in [0.15, 0.2) is 5.06 Å². The van der Waals surface area contributed by atoms with E-state index in [0.717, 1.165) is 0 Å². The van der Waals surface area contributed by atoms with E-state index in [0.29, 0.717) is 16.3 Å². The second-order valence-electron chi connectivity index (χ2n) is 3.15. The van der Waals surface area contributed by atoms with Crippen molar-refractivity contribution in [2.24, 2.45) is 0 Å². The van der Waals surface area contributed by atoms with Crippen molar-refractivity contribution in [2.45, 2.75) is 0 Å². The van der Waals surface area contributed by atoms with Crippen LogP contribution in [0, 0.1) is 11.3 Å². The van der Waals surface area contributed by atoms with Crippen molar-refractivity contribution in [1.82, 2.24) is 0 Å². The first-order valence-corrected chi connectivity index (χ1v) is 5.68. The molecule has 2 aromatic rings. The fourth-order valence-corrected chi connectivity index (χ4v) is 1.87. The van der Waals surface area contributed by atoms with Crippen LogP contribution in [0.4, 0.5) is 10.5 Å². The topological polar surface area (TPSA) is 62.1 Å². The minimum absolute atomic E-state index is 0.398. The molecule has 1 aromatic heterocycles. The molecule has 0 aliphatic heterocycles. The zero-order chi connectivity index (χ0) is 12.1. The van der Waals surface area contributed by atoms with E-state index in [-0.39, 0.29) is 0 Å². The van der Waals surface area contributed by atoms with Crippen molar-refractivity contribution in [3.05, 3.63) is 47.3 Å². The molecule has 0 bridgehead atoms. The molecule has 0 radical (unpaired) electrons. The minimum Gasteiger partial charge on any atom is -0.399 e. The highest BCUT2D eigenvalue weighted by Gasteiger charge is 2.07. The van der Waals surface area contributed by atoms with Gasteiger partial charge in [0, 0.05) is 17.1 Å². The van der Waals surface area contributed by atoms with Crippen LogP contribution in [0.5, 0.6) is 5.06 Å². The van der Waals surface area contributed by atoms with Crippen LogP contribution in [0.1, 0.15) is 5.56 Å². The van der Waals surface area contributed by atoms with Gasteiger partial charge in [-0.25, -0.2) is 4.79 Å². The SMILES string of the molecule is N#Cc1csc(OC(=O)Nc2ccccc2)c1. The lowest BCUT2D eigenvalue weighted by Crippen LogP contribution is -2.15. The van der Waals surface area contributed by atoms with Crippen molar-refractivity contribution in [3.63, 3.8) is 0 Å². The highest BCUT2D eigenvalue weighted by molar-refractivity contribution is 7.12. The predicted molar refractivity (Wildman–Crippen MR) is 65.1 cm³/mol. The van der Waals surface area contributed by atoms with Gasteiger partial charge >= 0.3 is 6.09 Å². The molecule has 0 fully saturated rings. The zero-order valence-electron chi connectivity index (χ0n) is 8.71. The summed E-state index contributed by atoms with van der Waals surface area (Å²) in [6.07, 6.45) is -0.567. The lowest BCUT2D eigenvalue weighted by Gasteiger charge is -2.03. The smallest absolute Gasteiger partial charge is 0.399 e. The van der Waals surface area contributed by atoms with Gasteiger partial charge in [-0.05, 0) is 12.1 Å². The maximum absolute atomic E-state index is 11.5. The number of anilines is 1. The number of hydrogen-bond donors (Lipinski definition) is 1. The van der Waals surface area contributed by atoms with E-state index < -0.39 is 6.09 Å². The first-order chi connectivity index (χ1) is 8.28. The highest BCUT2D eigenvalue weighted by Crippen LogP contribution is 2.22. The summed E-state index contributed by atoms with van der Waals surface area (Å²) in [4.78, 5) is 11.5. The molecule has 0 atom stereocenters. The van der Waals surface area contributed by atoms with Gasteiger partial charge in [-0.2, -0.15) is 5.26 Å². The summed E-state index contributed by atoms with van der Waals surface area (Å²) in [7, 11) is 0. The van der Waals surface area contributed by atoms with Crippen LogP contribution in [0.3, 0.4) is 0 Å². The van der Waals surface area contributed by atoms with Gasteiger partial charge in [0.1, 0.15) is 6.07 Å². The summed E-state index contributed by atoms with van der Waals surface area (Å²) in [5.41, 5.74) is 1.15. The first-order valence-electron chi connectivity index (χ1n) is 4.80. The average Bonchev–Trinajstić information content (AvgIpc) is 2.78. The Kier molecular flexibility index (Phi) is 3.38. The van der Waals surface area contributed by atoms with Crippen LogP contribution in [-0.2, 0) is 0 Å². The van der Waals surface area contributed by atoms with E-state index in [1.54, 1.807) is 17.5 Å². The number of benzene rings is 1. The summed E-state index contributed by atoms with van der Waals surface area (Å²) < 4.78 is 5.02. The van der Waals surface area contributed by atoms with Gasteiger partial charge in [-0.1, -0.05) is 18.2 Å². The summed E-state index contributed by atoms with van der Waals surface area (Å²) >= 11 is 1.21. The van der Waals surface area contributed by atoms with Crippen molar-refractivity contribution in [3.8, 4) is 11.1 Å². The summed E-state index contributed by atoms with van der Waals surface area (Å²) in [5.74, 6) is 0. The molecule has 84 valence electrons. The third kappa shape index (κ3) is 3.06. The number of carbonyl (C=O) groups excluding carboxylic acids is 1. The summed E-state index contributed by atoms with van der Waals surface area (Å²) in [6, 6.07) is 12.5. The monoisotopic (exact) mass is 244 g/mol. The predicted octanol–water partition coefficient (Wildman–Crippen LogP) is 3.23. The van der Waals surface area contributed by atoms with Gasteiger partial charge in [-0.3, -0.25) is 5.32 Å². The van der Waals surface area contributed by atoms with E-state index in [4.69, 9.17) is 10.00 Å². The number of nitrogens with one attached hydrogen (secondary N) is 1. The van der Waals surface area contributed by atoms with Crippen LogP contribution in [0.2, 0.25) is 0 Å². The fraction of sp³-hybridized carbons (Fsp3) is 0. The van der Waals surface area contributed by atoms with Crippen LogP contribution in [-0.4, -0.2) is 6.09 Å². The fourth-order valence-electron chi connectivity index (χ4n) is 1.18. The van der Waals surface area contributed by atoms with Gasteiger partial charge in [0.25, 0.3) is 0 Å². The Hall–Kier alpha value is -2.32. The van der Waals surface area contributed by atoms with E-state index in [9.17, 15) is 4.79 Å². The third-order valence-corrected chi connectivity index (χ3v) is 2.72. The molecular formula is C12H8N2O2S. The van der Waals surface area contributed by atoms with Crippen molar-refractivity contribution in [1.29, 1.82) is 5.26 Å². The van der Waals surface area contributed by atoms with Crippen LogP contribution in [0.15, 0.2) is 41.8 Å². The maximum Gasteiger partial charge on any atom is 0.417 e. The van der Waals surface area contributed by atoms with Gasteiger partial charge < -0.3 is 4.74 Å². The Morgan fingerprint density at radius 2 is 2.12 bits per heavy atom. The minimum atomic E-state index is -0.567. The third-order valence-electron chi connectivity index (χ3n) is 1.92. The number of para-hydroxylation sites is 1. The van der Waals surface area contributed by atoms with E-state index in [1.165, 1.54) is 17.4 Å². The summed E-state index contributed by atoms with van der Waals surface area (Å²) in [6.45, 7) is 0. The first kappa shape index (κ1) is 11.2. The molecule has 4 nitrogen and oxygen atoms in total. The molecule has 0 aliphatic rings. The largest absolute Gasteiger partial charge is 0.417 e. The number of nitriles is 1. The number of amides is 1. The normalized spacial score (nSPS) is 9.35. The number of carbonyl (C=O) groups is 1. The number of ether oxygens (including phenoxy) is 1. The number of nitrogens with zero attached hydrogens (tertiary/aromatic N) is 1. The maximum atomic E-state index is 11.5. The van der Waals surface area contributed by atoms with Crippen LogP contribution in [0.25, 0.3) is 0 Å². The molecule has 1 aromatic carbocycles. The molecule has 2 rings (SSSR count).